The van der Waals surface area contributed by atoms with E-state index in [0.717, 1.165) is 24.2 Å². The number of urea groups is 1. The van der Waals surface area contributed by atoms with E-state index in [4.69, 9.17) is 4.74 Å². The van der Waals surface area contributed by atoms with E-state index in [1.54, 1.807) is 19.1 Å². The lowest BCUT2D eigenvalue weighted by atomic mass is 9.78. The summed E-state index contributed by atoms with van der Waals surface area (Å²) in [5, 5.41) is 12.9. The average Bonchev–Trinajstić information content (AvgIpc) is 2.60. The molecule has 2 N–H and O–H groups in total. The maximum Gasteiger partial charge on any atom is 0.317 e. The Kier molecular flexibility index (Phi) is 6.49. The number of nitrogens with one attached hydrogen (secondary N) is 1. The zero-order chi connectivity index (χ0) is 17.7. The second kappa shape index (κ2) is 8.38. The quantitative estimate of drug-likeness (QED) is 0.869. The highest BCUT2D eigenvalue weighted by Crippen LogP contribution is 2.30. The van der Waals surface area contributed by atoms with Crippen LogP contribution in [0.4, 0.5) is 4.79 Å². The van der Waals surface area contributed by atoms with Crippen LogP contribution in [0.5, 0.6) is 5.75 Å². The largest absolute Gasteiger partial charge is 0.497 e. The van der Waals surface area contributed by atoms with Crippen LogP contribution in [-0.4, -0.2) is 42.8 Å². The van der Waals surface area contributed by atoms with Crippen molar-refractivity contribution in [3.63, 3.8) is 0 Å². The van der Waals surface area contributed by atoms with Gasteiger partial charge in [0.1, 0.15) is 5.75 Å². The van der Waals surface area contributed by atoms with E-state index < -0.39 is 0 Å². The number of likely N-dealkylation sites (N-methyl/N-ethyl adjacent to an activating group) is 1. The molecule has 1 aromatic carbocycles. The topological polar surface area (TPSA) is 61.8 Å². The van der Waals surface area contributed by atoms with Crippen LogP contribution in [-0.2, 0) is 0 Å². The van der Waals surface area contributed by atoms with Gasteiger partial charge in [-0.1, -0.05) is 38.8 Å². The van der Waals surface area contributed by atoms with Crippen molar-refractivity contribution in [1.29, 1.82) is 0 Å². The van der Waals surface area contributed by atoms with Gasteiger partial charge in [-0.25, -0.2) is 4.79 Å². The first-order chi connectivity index (χ1) is 11.5. The van der Waals surface area contributed by atoms with Gasteiger partial charge in [0.25, 0.3) is 0 Å². The highest BCUT2D eigenvalue weighted by atomic mass is 16.5. The van der Waals surface area contributed by atoms with Crippen molar-refractivity contribution in [3.05, 3.63) is 29.8 Å². The summed E-state index contributed by atoms with van der Waals surface area (Å²) in [6.45, 7) is 4.34. The molecule has 1 saturated carbocycles. The maximum absolute atomic E-state index is 12.6. The predicted octanol–water partition coefficient (Wildman–Crippen LogP) is 3.19. The van der Waals surface area contributed by atoms with Crippen LogP contribution >= 0.6 is 0 Å². The molecule has 0 heterocycles. The molecule has 4 atom stereocenters. The normalized spacial score (nSPS) is 25.0. The van der Waals surface area contributed by atoms with E-state index in [2.05, 4.69) is 19.2 Å². The Labute approximate surface area is 145 Å². The van der Waals surface area contributed by atoms with E-state index in [0.29, 0.717) is 11.8 Å². The van der Waals surface area contributed by atoms with Crippen LogP contribution in [0.1, 0.15) is 44.7 Å². The summed E-state index contributed by atoms with van der Waals surface area (Å²) in [5.41, 5.74) is 0.890. The van der Waals surface area contributed by atoms with Gasteiger partial charge in [-0.2, -0.15) is 0 Å². The van der Waals surface area contributed by atoms with Crippen molar-refractivity contribution in [2.75, 3.05) is 20.8 Å². The number of aliphatic hydroxyl groups is 1. The maximum atomic E-state index is 12.6. The molecule has 0 bridgehead atoms. The molecule has 24 heavy (non-hydrogen) atoms. The summed E-state index contributed by atoms with van der Waals surface area (Å²) < 4.78 is 5.16. The minimum Gasteiger partial charge on any atom is -0.497 e. The molecule has 0 radical (unpaired) electrons. The molecular weight excluding hydrogens is 304 g/mol. The highest BCUT2D eigenvalue weighted by molar-refractivity contribution is 5.75. The van der Waals surface area contributed by atoms with Crippen molar-refractivity contribution >= 4 is 6.03 Å². The van der Waals surface area contributed by atoms with Crippen molar-refractivity contribution in [2.24, 2.45) is 11.8 Å². The Morgan fingerprint density at radius 3 is 2.58 bits per heavy atom. The molecular formula is C19H30N2O3. The van der Waals surface area contributed by atoms with Crippen molar-refractivity contribution in [1.82, 2.24) is 10.2 Å². The number of carbonyl (C=O) groups excluding carboxylic acids is 1. The molecule has 5 nitrogen and oxygen atoms in total. The third-order valence-corrected chi connectivity index (χ3v) is 5.48. The Balaban J connectivity index is 2.03. The predicted molar refractivity (Wildman–Crippen MR) is 95.1 cm³/mol. The van der Waals surface area contributed by atoms with E-state index in [-0.39, 0.29) is 24.7 Å². The van der Waals surface area contributed by atoms with E-state index in [1.165, 1.54) is 6.42 Å². The lowest BCUT2D eigenvalue weighted by Gasteiger charge is -2.36. The van der Waals surface area contributed by atoms with Crippen molar-refractivity contribution in [2.45, 2.75) is 45.2 Å². The third kappa shape index (κ3) is 4.20. The standard InChI is InChI=1S/C19H30N2O3/c1-13-6-5-7-17(14(13)2)20-19(23)21(3)18(12-22)15-8-10-16(24-4)11-9-15/h8-11,13-14,17-18,22H,5-7,12H2,1-4H3,(H,20,23). The number of nitrogens with zero attached hydrogens (tertiary/aromatic N) is 1. The molecule has 0 aliphatic heterocycles. The number of rotatable bonds is 5. The molecule has 1 aromatic rings. The third-order valence-electron chi connectivity index (χ3n) is 5.48. The Bertz CT molecular complexity index is 532. The van der Waals surface area contributed by atoms with Gasteiger partial charge in [0.2, 0.25) is 0 Å². The van der Waals surface area contributed by atoms with Gasteiger partial charge in [-0.15, -0.1) is 0 Å². The van der Waals surface area contributed by atoms with Crippen LogP contribution in [0.15, 0.2) is 24.3 Å². The van der Waals surface area contributed by atoms with E-state index in [1.807, 2.05) is 24.3 Å². The van der Waals surface area contributed by atoms with Gasteiger partial charge in [-0.05, 0) is 36.0 Å². The fourth-order valence-corrected chi connectivity index (χ4v) is 3.47. The number of amides is 2. The average molecular weight is 334 g/mol. The highest BCUT2D eigenvalue weighted by Gasteiger charge is 2.30. The smallest absolute Gasteiger partial charge is 0.317 e. The minimum atomic E-state index is -0.368. The summed E-state index contributed by atoms with van der Waals surface area (Å²) in [6, 6.07) is 7.16. The van der Waals surface area contributed by atoms with Gasteiger partial charge < -0.3 is 20.1 Å². The Hall–Kier alpha value is -1.75. The fourth-order valence-electron chi connectivity index (χ4n) is 3.47. The van der Waals surface area contributed by atoms with E-state index in [9.17, 15) is 9.90 Å². The number of methoxy groups -OCH3 is 1. The van der Waals surface area contributed by atoms with Crippen LogP contribution in [0, 0.1) is 11.8 Å². The van der Waals surface area contributed by atoms with Gasteiger partial charge in [0, 0.05) is 13.1 Å². The van der Waals surface area contributed by atoms with E-state index >= 15 is 0 Å². The molecule has 4 unspecified atom stereocenters. The SMILES string of the molecule is COc1ccc(C(CO)N(C)C(=O)NC2CCCC(C)C2C)cc1. The number of hydrogen-bond donors (Lipinski definition) is 2. The summed E-state index contributed by atoms with van der Waals surface area (Å²) in [7, 11) is 3.35. The fraction of sp³-hybridized carbons (Fsp3) is 0.632. The van der Waals surface area contributed by atoms with Crippen LogP contribution in [0.25, 0.3) is 0 Å². The first-order valence-corrected chi connectivity index (χ1v) is 8.76. The van der Waals surface area contributed by atoms with Gasteiger partial charge in [0.05, 0.1) is 19.8 Å². The van der Waals surface area contributed by atoms with Gasteiger partial charge in [0.15, 0.2) is 0 Å². The molecule has 2 rings (SSSR count). The Morgan fingerprint density at radius 1 is 1.33 bits per heavy atom. The zero-order valence-corrected chi connectivity index (χ0v) is 15.2. The van der Waals surface area contributed by atoms with Gasteiger partial charge >= 0.3 is 6.03 Å². The summed E-state index contributed by atoms with van der Waals surface area (Å²) in [5.74, 6) is 1.86. The van der Waals surface area contributed by atoms with Crippen LogP contribution in [0.2, 0.25) is 0 Å². The lowest BCUT2D eigenvalue weighted by Crippen LogP contribution is -2.49. The van der Waals surface area contributed by atoms with Gasteiger partial charge in [-0.3, -0.25) is 0 Å². The lowest BCUT2D eigenvalue weighted by molar-refractivity contribution is 0.136. The summed E-state index contributed by atoms with van der Waals surface area (Å²) >= 11 is 0. The second-order valence-corrected chi connectivity index (χ2v) is 6.91. The molecule has 0 spiro atoms. The monoisotopic (exact) mass is 334 g/mol. The molecule has 1 fully saturated rings. The number of aliphatic hydroxyl groups excluding tert-OH is 1. The number of hydrogen-bond acceptors (Lipinski definition) is 3. The first-order valence-electron chi connectivity index (χ1n) is 8.76. The van der Waals surface area contributed by atoms with Crippen LogP contribution < -0.4 is 10.1 Å². The molecule has 0 saturated heterocycles. The van der Waals surface area contributed by atoms with Crippen molar-refractivity contribution in [3.8, 4) is 5.75 Å². The zero-order valence-electron chi connectivity index (χ0n) is 15.2. The summed E-state index contributed by atoms with van der Waals surface area (Å²) in [4.78, 5) is 14.2. The Morgan fingerprint density at radius 2 is 2.00 bits per heavy atom. The minimum absolute atomic E-state index is 0.118. The molecule has 0 aromatic heterocycles. The number of ether oxygens (including phenoxy) is 1. The first kappa shape index (κ1) is 18.6. The number of carbonyl (C=O) groups is 1. The molecule has 1 aliphatic rings. The molecule has 134 valence electrons. The molecule has 2 amide bonds. The van der Waals surface area contributed by atoms with Crippen LogP contribution in [0.3, 0.4) is 0 Å². The summed E-state index contributed by atoms with van der Waals surface area (Å²) in [6.07, 6.45) is 3.41. The second-order valence-electron chi connectivity index (χ2n) is 6.91. The van der Waals surface area contributed by atoms with Crippen molar-refractivity contribution < 1.29 is 14.6 Å². The number of benzene rings is 1. The molecule has 5 heteroatoms. The molecule has 1 aliphatic carbocycles.